The van der Waals surface area contributed by atoms with Gasteiger partial charge in [0.15, 0.2) is 5.82 Å². The molecule has 4 heterocycles. The molecule has 2 aliphatic heterocycles. The molecule has 1 fully saturated rings. The fraction of sp³-hybridized carbons (Fsp3) is 0.500. The van der Waals surface area contributed by atoms with Gasteiger partial charge in [0.2, 0.25) is 5.95 Å². The summed E-state index contributed by atoms with van der Waals surface area (Å²) < 4.78 is 5.71. The molecule has 0 saturated carbocycles. The molecule has 10 heteroatoms. The van der Waals surface area contributed by atoms with Crippen LogP contribution in [-0.4, -0.2) is 64.9 Å². The van der Waals surface area contributed by atoms with E-state index in [1.165, 1.54) is 5.56 Å². The lowest BCUT2D eigenvalue weighted by Gasteiger charge is -2.37. The normalized spacial score (nSPS) is 17.4. The summed E-state index contributed by atoms with van der Waals surface area (Å²) in [5.74, 6) is 2.37. The molecule has 2 aliphatic rings. The third-order valence-corrected chi connectivity index (χ3v) is 7.31. The van der Waals surface area contributed by atoms with Crippen molar-refractivity contribution in [2.45, 2.75) is 59.5 Å². The van der Waals surface area contributed by atoms with Crippen LogP contribution in [0.3, 0.4) is 0 Å². The second kappa shape index (κ2) is 12.2. The van der Waals surface area contributed by atoms with Crippen molar-refractivity contribution in [1.29, 1.82) is 0 Å². The first-order chi connectivity index (χ1) is 19.3. The molecule has 0 spiro atoms. The van der Waals surface area contributed by atoms with E-state index in [4.69, 9.17) is 14.7 Å². The smallest absolute Gasteiger partial charge is 0.319 e. The molecule has 1 unspecified atom stereocenters. The molecule has 0 aliphatic carbocycles. The number of amides is 2. The number of fused-ring (bicyclic) bond motifs is 1. The summed E-state index contributed by atoms with van der Waals surface area (Å²) in [6.45, 7) is 13.0. The van der Waals surface area contributed by atoms with E-state index in [0.717, 1.165) is 55.1 Å². The Bertz CT molecular complexity index is 1290. The number of nitrogens with one attached hydrogen (secondary N) is 2. The van der Waals surface area contributed by atoms with Gasteiger partial charge in [0, 0.05) is 48.8 Å². The van der Waals surface area contributed by atoms with E-state index in [-0.39, 0.29) is 17.5 Å². The first-order valence-corrected chi connectivity index (χ1v) is 14.2. The number of benzene rings is 1. The second-order valence-electron chi connectivity index (χ2n) is 11.8. The zero-order chi connectivity index (χ0) is 28.1. The Hall–Kier alpha value is -3.79. The van der Waals surface area contributed by atoms with Gasteiger partial charge >= 0.3 is 6.03 Å². The quantitative estimate of drug-likeness (QED) is 0.413. The number of carbonyl (C=O) groups is 1. The second-order valence-corrected chi connectivity index (χ2v) is 11.8. The molecule has 3 aromatic rings. The Kier molecular flexibility index (Phi) is 8.44. The minimum absolute atomic E-state index is 0.196. The molecular formula is C30H40N8O2. The molecule has 1 aromatic carbocycles. The number of hydrogen-bond acceptors (Lipinski definition) is 8. The molecule has 2 aromatic heterocycles. The minimum Gasteiger partial charge on any atom is -0.377 e. The van der Waals surface area contributed by atoms with Crippen LogP contribution in [-0.2, 0) is 17.7 Å². The molecule has 212 valence electrons. The van der Waals surface area contributed by atoms with Gasteiger partial charge < -0.3 is 25.2 Å². The van der Waals surface area contributed by atoms with Gasteiger partial charge in [-0.05, 0) is 61.9 Å². The van der Waals surface area contributed by atoms with Gasteiger partial charge in [-0.1, -0.05) is 20.8 Å². The summed E-state index contributed by atoms with van der Waals surface area (Å²) in [5.41, 5.74) is 4.07. The van der Waals surface area contributed by atoms with Crippen molar-refractivity contribution in [3.05, 3.63) is 54.0 Å². The average molecular weight is 545 g/mol. The van der Waals surface area contributed by atoms with Gasteiger partial charge in [0.25, 0.3) is 0 Å². The first-order valence-electron chi connectivity index (χ1n) is 14.2. The van der Waals surface area contributed by atoms with Gasteiger partial charge in [0.05, 0.1) is 31.5 Å². The zero-order valence-corrected chi connectivity index (χ0v) is 24.0. The average Bonchev–Trinajstić information content (AvgIpc) is 2.95. The van der Waals surface area contributed by atoms with Crippen LogP contribution in [0.5, 0.6) is 0 Å². The van der Waals surface area contributed by atoms with Crippen LogP contribution in [0, 0.1) is 5.41 Å². The number of hydrogen-bond donors (Lipinski definition) is 2. The lowest BCUT2D eigenvalue weighted by atomic mass is 9.91. The number of ether oxygens (including phenoxy) is 1. The zero-order valence-electron chi connectivity index (χ0n) is 24.0. The van der Waals surface area contributed by atoms with Crippen LogP contribution in [0.15, 0.2) is 42.7 Å². The Balaban J connectivity index is 1.35. The maximum Gasteiger partial charge on any atom is 0.319 e. The molecule has 0 radical (unpaired) electrons. The molecular weight excluding hydrogens is 504 g/mol. The highest BCUT2D eigenvalue weighted by Gasteiger charge is 2.29. The summed E-state index contributed by atoms with van der Waals surface area (Å²) >= 11 is 0. The third kappa shape index (κ3) is 6.85. The molecule has 40 heavy (non-hydrogen) atoms. The van der Waals surface area contributed by atoms with Crippen molar-refractivity contribution in [2.75, 3.05) is 48.0 Å². The van der Waals surface area contributed by atoms with E-state index < -0.39 is 0 Å². The number of carbonyl (C=O) groups excluding carboxylic acids is 1. The van der Waals surface area contributed by atoms with E-state index >= 15 is 0 Å². The van der Waals surface area contributed by atoms with Crippen LogP contribution in [0.2, 0.25) is 0 Å². The number of morpholine rings is 1. The van der Waals surface area contributed by atoms with Crippen LogP contribution < -0.4 is 20.4 Å². The molecule has 0 bridgehead atoms. The van der Waals surface area contributed by atoms with Gasteiger partial charge in [-0.25, -0.2) is 24.7 Å². The molecule has 1 atom stereocenters. The van der Waals surface area contributed by atoms with E-state index in [0.29, 0.717) is 38.1 Å². The SMILES string of the molecule is CC1COCCN1c1nc(-c2ccc(NC(=O)NCCCC(C)(C)C)cc2)nc2c1CCN(c1ncccn1)C2. The van der Waals surface area contributed by atoms with Crippen LogP contribution in [0.1, 0.15) is 51.8 Å². The molecule has 2 N–H and O–H groups in total. The fourth-order valence-corrected chi connectivity index (χ4v) is 5.14. The topological polar surface area (TPSA) is 108 Å². The molecule has 5 rings (SSSR count). The Morgan fingerprint density at radius 3 is 2.60 bits per heavy atom. The Morgan fingerprint density at radius 2 is 1.88 bits per heavy atom. The molecule has 10 nitrogen and oxygen atoms in total. The maximum absolute atomic E-state index is 12.4. The van der Waals surface area contributed by atoms with Gasteiger partial charge in [-0.15, -0.1) is 0 Å². The Labute approximate surface area is 236 Å². The summed E-state index contributed by atoms with van der Waals surface area (Å²) in [4.78, 5) is 35.9. The first kappa shape index (κ1) is 27.8. The lowest BCUT2D eigenvalue weighted by molar-refractivity contribution is 0.0984. The van der Waals surface area contributed by atoms with Crippen molar-refractivity contribution in [2.24, 2.45) is 5.41 Å². The van der Waals surface area contributed by atoms with Crippen molar-refractivity contribution in [3.63, 3.8) is 0 Å². The summed E-state index contributed by atoms with van der Waals surface area (Å²) in [7, 11) is 0. The molecule has 1 saturated heterocycles. The number of urea groups is 1. The maximum atomic E-state index is 12.4. The van der Waals surface area contributed by atoms with E-state index in [2.05, 4.69) is 58.1 Å². The van der Waals surface area contributed by atoms with Crippen LogP contribution in [0.4, 0.5) is 22.2 Å². The largest absolute Gasteiger partial charge is 0.377 e. The van der Waals surface area contributed by atoms with Gasteiger partial charge in [0.1, 0.15) is 5.82 Å². The summed E-state index contributed by atoms with van der Waals surface area (Å²) in [5, 5.41) is 5.87. The van der Waals surface area contributed by atoms with E-state index in [1.807, 2.05) is 30.3 Å². The Morgan fingerprint density at radius 1 is 1.10 bits per heavy atom. The predicted molar refractivity (Wildman–Crippen MR) is 158 cm³/mol. The monoisotopic (exact) mass is 544 g/mol. The molecule has 2 amide bonds. The minimum atomic E-state index is -0.196. The van der Waals surface area contributed by atoms with Crippen LogP contribution >= 0.6 is 0 Å². The number of aromatic nitrogens is 4. The number of nitrogens with zero attached hydrogens (tertiary/aromatic N) is 6. The highest BCUT2D eigenvalue weighted by atomic mass is 16.5. The van der Waals surface area contributed by atoms with Crippen molar-refractivity contribution in [3.8, 4) is 11.4 Å². The summed E-state index contributed by atoms with van der Waals surface area (Å²) in [6.07, 6.45) is 6.37. The van der Waals surface area contributed by atoms with Crippen LogP contribution in [0.25, 0.3) is 11.4 Å². The van der Waals surface area contributed by atoms with Crippen molar-refractivity contribution in [1.82, 2.24) is 25.3 Å². The van der Waals surface area contributed by atoms with Gasteiger partial charge in [-0.2, -0.15) is 0 Å². The summed E-state index contributed by atoms with van der Waals surface area (Å²) in [6, 6.07) is 9.58. The van der Waals surface area contributed by atoms with Crippen molar-refractivity contribution < 1.29 is 9.53 Å². The highest BCUT2D eigenvalue weighted by Crippen LogP contribution is 2.32. The standard InChI is InChI=1S/C30H40N8O2/c1-21-20-40-18-17-38(21)27-24-11-16-37(28-31-14-6-15-32-28)19-25(24)35-26(36-27)22-7-9-23(10-8-22)34-29(39)33-13-5-12-30(2,3)4/h6-10,14-15,21H,5,11-13,16-20H2,1-4H3,(H2,33,34,39). The van der Waals surface area contributed by atoms with Gasteiger partial charge in [-0.3, -0.25) is 0 Å². The van der Waals surface area contributed by atoms with Crippen molar-refractivity contribution >= 4 is 23.5 Å². The lowest BCUT2D eigenvalue weighted by Crippen LogP contribution is -2.45. The highest BCUT2D eigenvalue weighted by molar-refractivity contribution is 5.89. The van der Waals surface area contributed by atoms with E-state index in [1.54, 1.807) is 12.4 Å². The van der Waals surface area contributed by atoms with E-state index in [9.17, 15) is 4.79 Å². The number of anilines is 3. The fourth-order valence-electron chi connectivity index (χ4n) is 5.14. The predicted octanol–water partition coefficient (Wildman–Crippen LogP) is 4.67. The number of rotatable bonds is 7. The third-order valence-electron chi connectivity index (χ3n) is 7.31.